The van der Waals surface area contributed by atoms with Crippen molar-refractivity contribution in [2.75, 3.05) is 23.4 Å². The van der Waals surface area contributed by atoms with Gasteiger partial charge in [-0.05, 0) is 0 Å². The van der Waals surface area contributed by atoms with Crippen LogP contribution in [0.15, 0.2) is 6.33 Å². The first-order valence-electron chi connectivity index (χ1n) is 3.21. The molecule has 0 atom stereocenters. The average molecular weight is 167 g/mol. The van der Waals surface area contributed by atoms with Gasteiger partial charge in [0.25, 0.3) is 0 Å². The van der Waals surface area contributed by atoms with Crippen LogP contribution in [0.1, 0.15) is 0 Å². The zero-order valence-corrected chi connectivity index (χ0v) is 6.56. The summed E-state index contributed by atoms with van der Waals surface area (Å²) < 4.78 is 0. The van der Waals surface area contributed by atoms with E-state index >= 15 is 0 Å². The van der Waals surface area contributed by atoms with E-state index in [1.165, 1.54) is 18.3 Å². The van der Waals surface area contributed by atoms with Crippen LogP contribution in [0.2, 0.25) is 0 Å². The van der Waals surface area contributed by atoms with Crippen LogP contribution in [0.25, 0.3) is 0 Å². The van der Waals surface area contributed by atoms with Gasteiger partial charge in [0.1, 0.15) is 12.0 Å². The third kappa shape index (κ3) is 1.26. The molecular weight excluding hydrogens is 158 g/mol. The number of anilines is 3. The predicted molar refractivity (Wildman–Crippen MR) is 45.3 cm³/mol. The average Bonchev–Trinajstić information content (AvgIpc) is 2.03. The smallest absolute Gasteiger partial charge is 0.214 e. The summed E-state index contributed by atoms with van der Waals surface area (Å²) in [6.07, 6.45) is 1.83. The summed E-state index contributed by atoms with van der Waals surface area (Å²) in [5, 5.41) is 0. The fourth-order valence-electron chi connectivity index (χ4n) is 0.821. The molecule has 0 aliphatic carbocycles. The number of carbonyl (C=O) groups is 1. The normalized spacial score (nSPS) is 9.42. The monoisotopic (exact) mass is 167 g/mol. The number of hydrogen-bond donors (Lipinski definition) is 2. The van der Waals surface area contributed by atoms with Gasteiger partial charge in [-0.25, -0.2) is 9.97 Å². The Morgan fingerprint density at radius 3 is 2.33 bits per heavy atom. The zero-order valence-electron chi connectivity index (χ0n) is 6.56. The highest BCUT2D eigenvalue weighted by Gasteiger charge is 2.09. The third-order valence-corrected chi connectivity index (χ3v) is 1.39. The molecule has 64 valence electrons. The lowest BCUT2D eigenvalue weighted by Crippen LogP contribution is -2.18. The summed E-state index contributed by atoms with van der Waals surface area (Å²) in [4.78, 5) is 19.0. The first-order valence-corrected chi connectivity index (χ1v) is 3.21. The molecule has 12 heavy (non-hydrogen) atoms. The second kappa shape index (κ2) is 3.04. The van der Waals surface area contributed by atoms with Gasteiger partial charge in [0.2, 0.25) is 6.41 Å². The summed E-state index contributed by atoms with van der Waals surface area (Å²) in [5.74, 6) is 0.384. The van der Waals surface area contributed by atoms with Crippen molar-refractivity contribution in [3.8, 4) is 0 Å². The molecule has 0 saturated carbocycles. The fourth-order valence-corrected chi connectivity index (χ4v) is 0.821. The highest BCUT2D eigenvalue weighted by atomic mass is 16.1. The molecule has 0 radical (unpaired) electrons. The molecule has 6 heteroatoms. The molecule has 6 nitrogen and oxygen atoms in total. The number of nitrogens with two attached hydrogens (primary N) is 2. The van der Waals surface area contributed by atoms with E-state index in [0.717, 1.165) is 0 Å². The SMILES string of the molecule is CN(C=O)c1c(N)ncnc1N. The Hall–Kier alpha value is -1.85. The van der Waals surface area contributed by atoms with Crippen molar-refractivity contribution < 1.29 is 4.79 Å². The van der Waals surface area contributed by atoms with Crippen LogP contribution in [-0.2, 0) is 4.79 Å². The molecule has 0 aliphatic heterocycles. The number of nitrogens with zero attached hydrogens (tertiary/aromatic N) is 3. The van der Waals surface area contributed by atoms with Crippen LogP contribution in [0.4, 0.5) is 17.3 Å². The summed E-state index contributed by atoms with van der Waals surface area (Å²) in [6, 6.07) is 0. The standard InChI is InChI=1S/C6H9N5O/c1-11(3-12)4-5(7)9-2-10-6(4)8/h2-3H,1H3,(H4,7,8,9,10). The quantitative estimate of drug-likeness (QED) is 0.564. The largest absolute Gasteiger partial charge is 0.382 e. The van der Waals surface area contributed by atoms with Gasteiger partial charge < -0.3 is 16.4 Å². The van der Waals surface area contributed by atoms with Crippen molar-refractivity contribution in [2.45, 2.75) is 0 Å². The molecule has 1 rings (SSSR count). The number of hydrogen-bond acceptors (Lipinski definition) is 5. The van der Waals surface area contributed by atoms with Crippen molar-refractivity contribution in [1.82, 2.24) is 9.97 Å². The molecule has 1 aromatic rings. The van der Waals surface area contributed by atoms with Crippen molar-refractivity contribution >= 4 is 23.7 Å². The van der Waals surface area contributed by atoms with Crippen LogP contribution in [0, 0.1) is 0 Å². The van der Waals surface area contributed by atoms with E-state index in [1.807, 2.05) is 0 Å². The van der Waals surface area contributed by atoms with Crippen LogP contribution in [0.3, 0.4) is 0 Å². The van der Waals surface area contributed by atoms with E-state index in [1.54, 1.807) is 0 Å². The molecule has 4 N–H and O–H groups in total. The Kier molecular flexibility index (Phi) is 2.09. The van der Waals surface area contributed by atoms with Crippen molar-refractivity contribution in [2.24, 2.45) is 0 Å². The molecule has 0 bridgehead atoms. The fraction of sp³-hybridized carbons (Fsp3) is 0.167. The van der Waals surface area contributed by atoms with Crippen LogP contribution >= 0.6 is 0 Å². The first kappa shape index (κ1) is 8.25. The lowest BCUT2D eigenvalue weighted by atomic mass is 10.4. The summed E-state index contributed by atoms with van der Waals surface area (Å²) in [7, 11) is 1.53. The first-order chi connectivity index (χ1) is 5.66. The Morgan fingerprint density at radius 2 is 1.92 bits per heavy atom. The van der Waals surface area contributed by atoms with E-state index in [4.69, 9.17) is 11.5 Å². The van der Waals surface area contributed by atoms with Crippen LogP contribution in [0.5, 0.6) is 0 Å². The maximum absolute atomic E-state index is 10.4. The number of aromatic nitrogens is 2. The minimum Gasteiger partial charge on any atom is -0.382 e. The van der Waals surface area contributed by atoms with Gasteiger partial charge in [0, 0.05) is 7.05 Å². The summed E-state index contributed by atoms with van der Waals surface area (Å²) in [5.41, 5.74) is 11.3. The van der Waals surface area contributed by atoms with Crippen molar-refractivity contribution in [3.63, 3.8) is 0 Å². The van der Waals surface area contributed by atoms with Gasteiger partial charge in [0.15, 0.2) is 11.6 Å². The molecule has 0 aliphatic rings. The number of nitrogen functional groups attached to an aromatic ring is 2. The number of amides is 1. The number of carbonyl (C=O) groups excluding carboxylic acids is 1. The Bertz CT molecular complexity index is 280. The van der Waals surface area contributed by atoms with E-state index in [0.29, 0.717) is 12.1 Å². The second-order valence-electron chi connectivity index (χ2n) is 2.21. The summed E-state index contributed by atoms with van der Waals surface area (Å²) in [6.45, 7) is 0. The van der Waals surface area contributed by atoms with E-state index in [9.17, 15) is 4.79 Å². The minimum absolute atomic E-state index is 0.192. The molecule has 1 amide bonds. The lowest BCUT2D eigenvalue weighted by molar-refractivity contribution is -0.107. The van der Waals surface area contributed by atoms with E-state index in [-0.39, 0.29) is 11.6 Å². The molecule has 0 unspecified atom stereocenters. The maximum Gasteiger partial charge on any atom is 0.214 e. The van der Waals surface area contributed by atoms with Gasteiger partial charge in [0.05, 0.1) is 0 Å². The molecule has 0 saturated heterocycles. The Labute approximate surface area is 69.2 Å². The Morgan fingerprint density at radius 1 is 1.42 bits per heavy atom. The van der Waals surface area contributed by atoms with E-state index in [2.05, 4.69) is 9.97 Å². The molecule has 0 spiro atoms. The molecular formula is C6H9N5O. The number of rotatable bonds is 2. The zero-order chi connectivity index (χ0) is 9.14. The van der Waals surface area contributed by atoms with E-state index < -0.39 is 0 Å². The molecule has 0 fully saturated rings. The van der Waals surface area contributed by atoms with Gasteiger partial charge in [-0.1, -0.05) is 0 Å². The lowest BCUT2D eigenvalue weighted by Gasteiger charge is -2.13. The molecule has 1 heterocycles. The van der Waals surface area contributed by atoms with Crippen LogP contribution in [-0.4, -0.2) is 23.4 Å². The van der Waals surface area contributed by atoms with Crippen molar-refractivity contribution in [3.05, 3.63) is 6.33 Å². The second-order valence-corrected chi connectivity index (χ2v) is 2.21. The highest BCUT2D eigenvalue weighted by molar-refractivity contribution is 5.86. The minimum atomic E-state index is 0.192. The van der Waals surface area contributed by atoms with Gasteiger partial charge in [-0.15, -0.1) is 0 Å². The highest BCUT2D eigenvalue weighted by Crippen LogP contribution is 2.23. The van der Waals surface area contributed by atoms with Crippen molar-refractivity contribution in [1.29, 1.82) is 0 Å². The van der Waals surface area contributed by atoms with Gasteiger partial charge in [-0.2, -0.15) is 0 Å². The molecule has 1 aromatic heterocycles. The van der Waals surface area contributed by atoms with Gasteiger partial charge >= 0.3 is 0 Å². The maximum atomic E-state index is 10.4. The molecule has 0 aromatic carbocycles. The van der Waals surface area contributed by atoms with Crippen LogP contribution < -0.4 is 16.4 Å². The topological polar surface area (TPSA) is 98.1 Å². The summed E-state index contributed by atoms with van der Waals surface area (Å²) >= 11 is 0. The third-order valence-electron chi connectivity index (χ3n) is 1.39. The Balaban J connectivity index is 3.20. The predicted octanol–water partition coefficient (Wildman–Crippen LogP) is -0.766. The van der Waals surface area contributed by atoms with Gasteiger partial charge in [-0.3, -0.25) is 4.79 Å².